The lowest BCUT2D eigenvalue weighted by Crippen LogP contribution is -1.74. The van der Waals surface area contributed by atoms with Crippen molar-refractivity contribution in [3.63, 3.8) is 0 Å². The van der Waals surface area contributed by atoms with Crippen LogP contribution in [0.2, 0.25) is 0 Å². The summed E-state index contributed by atoms with van der Waals surface area (Å²) in [5.74, 6) is 0. The molecule has 0 atom stereocenters. The van der Waals surface area contributed by atoms with Crippen LogP contribution in [0.5, 0.6) is 0 Å². The third-order valence-electron chi connectivity index (χ3n) is 1.12. The minimum absolute atomic E-state index is 0.0634. The average Bonchev–Trinajstić information content (AvgIpc) is 2.08. The molecular formula is C8H10. The van der Waals surface area contributed by atoms with Crippen LogP contribution in [0.25, 0.3) is 0 Å². The van der Waals surface area contributed by atoms with Gasteiger partial charge in [-0.15, -0.1) is 0 Å². The number of benzene rings is 1. The molecule has 1 rings (SSSR count). The van der Waals surface area contributed by atoms with Gasteiger partial charge in [-0.1, -0.05) is 24.2 Å². The topological polar surface area (TPSA) is 0 Å². The Balaban J connectivity index is 3.60. The molecule has 8 heavy (non-hydrogen) atoms. The third kappa shape index (κ3) is 0.890. The standard InChI is InChI=1S/C8H10/c1-7-5-3-4-6-8(7)2/h3-6H,1-2H3/i3D,4D,5D,6D. The van der Waals surface area contributed by atoms with Crippen LogP contribution in [0.15, 0.2) is 24.2 Å². The molecule has 0 saturated heterocycles. The minimum atomic E-state index is -0.150. The lowest BCUT2D eigenvalue weighted by Gasteiger charge is -1.93. The molecule has 0 fully saturated rings. The first-order valence-corrected chi connectivity index (χ1v) is 2.50. The molecule has 1 aromatic rings. The van der Waals surface area contributed by atoms with E-state index in [-0.39, 0.29) is 24.2 Å². The second-order valence-electron chi connectivity index (χ2n) is 1.75. The summed E-state index contributed by atoms with van der Waals surface area (Å²) >= 11 is 0. The molecule has 0 aliphatic heterocycles. The Kier molecular flexibility index (Phi) is 0.553. The van der Waals surface area contributed by atoms with Gasteiger partial charge >= 0.3 is 0 Å². The largest absolute Gasteiger partial charge is 0.0626 e. The summed E-state index contributed by atoms with van der Waals surface area (Å²) in [5.41, 5.74) is 1.25. The molecule has 0 nitrogen and oxygen atoms in total. The Morgan fingerprint density at radius 2 is 1.50 bits per heavy atom. The first-order valence-electron chi connectivity index (χ1n) is 4.50. The molecule has 42 valence electrons. The zero-order valence-electron chi connectivity index (χ0n) is 9.00. The van der Waals surface area contributed by atoms with Crippen LogP contribution < -0.4 is 0 Å². The Morgan fingerprint density at radius 1 is 1.12 bits per heavy atom. The smallest absolute Gasteiger partial charge is 0.0620 e. The van der Waals surface area contributed by atoms with Gasteiger partial charge in [-0.05, 0) is 25.0 Å². The van der Waals surface area contributed by atoms with Crippen LogP contribution in [0.3, 0.4) is 0 Å². The van der Waals surface area contributed by atoms with Crippen molar-refractivity contribution in [2.75, 3.05) is 0 Å². The van der Waals surface area contributed by atoms with E-state index < -0.39 is 0 Å². The van der Waals surface area contributed by atoms with Crippen LogP contribution >= 0.6 is 0 Å². The summed E-state index contributed by atoms with van der Waals surface area (Å²) < 4.78 is 29.5. The zero-order valence-corrected chi connectivity index (χ0v) is 5.00. The summed E-state index contributed by atoms with van der Waals surface area (Å²) in [4.78, 5) is 0. The molecule has 0 bridgehead atoms. The van der Waals surface area contributed by atoms with Gasteiger partial charge in [0.05, 0.1) is 5.48 Å². The van der Waals surface area contributed by atoms with E-state index in [4.69, 9.17) is 5.48 Å². The van der Waals surface area contributed by atoms with E-state index in [1.807, 2.05) is 0 Å². The van der Waals surface area contributed by atoms with Gasteiger partial charge in [0.15, 0.2) is 0 Å². The molecule has 0 unspecified atom stereocenters. The van der Waals surface area contributed by atoms with Crippen molar-refractivity contribution >= 4 is 0 Å². The van der Waals surface area contributed by atoms with Crippen molar-refractivity contribution < 1.29 is 5.48 Å². The fourth-order valence-electron chi connectivity index (χ4n) is 0.438. The molecule has 0 heterocycles. The average molecular weight is 110 g/mol. The van der Waals surface area contributed by atoms with Crippen molar-refractivity contribution in [2.45, 2.75) is 13.8 Å². The lowest BCUT2D eigenvalue weighted by atomic mass is 10.1. The Morgan fingerprint density at radius 3 is 1.88 bits per heavy atom. The van der Waals surface area contributed by atoms with E-state index in [0.717, 1.165) is 0 Å². The minimum Gasteiger partial charge on any atom is -0.0620 e. The van der Waals surface area contributed by atoms with Gasteiger partial charge in [0.25, 0.3) is 0 Å². The zero-order chi connectivity index (χ0) is 9.46. The number of rotatable bonds is 0. The van der Waals surface area contributed by atoms with E-state index in [0.29, 0.717) is 11.1 Å². The summed E-state index contributed by atoms with van der Waals surface area (Å²) in [6, 6.07) is -0.173. The summed E-state index contributed by atoms with van der Waals surface area (Å²) in [5, 5.41) is 0. The molecule has 0 N–H and O–H groups in total. The Hall–Kier alpha value is -0.780. The van der Waals surface area contributed by atoms with Gasteiger partial charge in [0.2, 0.25) is 0 Å². The highest BCUT2D eigenvalue weighted by Gasteiger charge is 1.83. The van der Waals surface area contributed by atoms with Gasteiger partial charge in [0, 0.05) is 0 Å². The second-order valence-corrected chi connectivity index (χ2v) is 1.75. The molecule has 0 aromatic heterocycles. The molecular weight excluding hydrogens is 96.1 g/mol. The molecule has 0 aliphatic carbocycles. The van der Waals surface area contributed by atoms with E-state index in [1.165, 1.54) is 0 Å². The third-order valence-corrected chi connectivity index (χ3v) is 1.12. The number of hydrogen-bond acceptors (Lipinski definition) is 0. The Labute approximate surface area is 55.8 Å². The van der Waals surface area contributed by atoms with Crippen molar-refractivity contribution in [1.29, 1.82) is 0 Å². The van der Waals surface area contributed by atoms with Crippen molar-refractivity contribution in [3.8, 4) is 0 Å². The maximum atomic E-state index is 7.43. The normalized spacial score (nSPS) is 16.2. The predicted molar refractivity (Wildman–Crippen MR) is 35.9 cm³/mol. The van der Waals surface area contributed by atoms with Gasteiger partial charge in [-0.2, -0.15) is 0 Å². The van der Waals surface area contributed by atoms with Crippen LogP contribution in [-0.2, 0) is 0 Å². The molecule has 0 spiro atoms. The first kappa shape index (κ1) is 2.22. The van der Waals surface area contributed by atoms with Gasteiger partial charge in [0.1, 0.15) is 0 Å². The highest BCUT2D eigenvalue weighted by atomic mass is 13.9. The maximum absolute atomic E-state index is 7.43. The highest BCUT2D eigenvalue weighted by molar-refractivity contribution is 5.23. The van der Waals surface area contributed by atoms with Crippen molar-refractivity contribution in [2.24, 2.45) is 0 Å². The van der Waals surface area contributed by atoms with E-state index in [9.17, 15) is 0 Å². The molecule has 0 heteroatoms. The van der Waals surface area contributed by atoms with Gasteiger partial charge in [-0.25, -0.2) is 0 Å². The molecule has 0 amide bonds. The van der Waals surface area contributed by atoms with E-state index in [1.54, 1.807) is 13.8 Å². The lowest BCUT2D eigenvalue weighted by molar-refractivity contribution is 1.34. The van der Waals surface area contributed by atoms with Crippen LogP contribution in [0.1, 0.15) is 16.6 Å². The van der Waals surface area contributed by atoms with Crippen LogP contribution in [0, 0.1) is 13.8 Å². The van der Waals surface area contributed by atoms with Crippen molar-refractivity contribution in [1.82, 2.24) is 0 Å². The van der Waals surface area contributed by atoms with E-state index >= 15 is 0 Å². The first-order chi connectivity index (χ1) is 5.46. The fourth-order valence-corrected chi connectivity index (χ4v) is 0.438. The monoisotopic (exact) mass is 110 g/mol. The van der Waals surface area contributed by atoms with E-state index in [2.05, 4.69) is 0 Å². The fraction of sp³-hybridized carbons (Fsp3) is 0.250. The molecule has 0 radical (unpaired) electrons. The highest BCUT2D eigenvalue weighted by Crippen LogP contribution is 2.02. The molecule has 1 aromatic carbocycles. The van der Waals surface area contributed by atoms with Gasteiger partial charge < -0.3 is 0 Å². The number of hydrogen-bond donors (Lipinski definition) is 0. The van der Waals surface area contributed by atoms with Crippen LogP contribution in [-0.4, -0.2) is 0 Å². The van der Waals surface area contributed by atoms with Gasteiger partial charge in [-0.3, -0.25) is 0 Å². The predicted octanol–water partition coefficient (Wildman–Crippen LogP) is 2.30. The summed E-state index contributed by atoms with van der Waals surface area (Å²) in [6.45, 7) is 3.40. The summed E-state index contributed by atoms with van der Waals surface area (Å²) in [6.07, 6.45) is 0. The van der Waals surface area contributed by atoms with Crippen molar-refractivity contribution in [3.05, 3.63) is 35.3 Å². The quantitative estimate of drug-likeness (QED) is 0.480. The maximum Gasteiger partial charge on any atom is 0.0626 e. The van der Waals surface area contributed by atoms with Crippen LogP contribution in [0.4, 0.5) is 0 Å². The molecule has 0 saturated carbocycles. The Bertz CT molecular complexity index is 225. The SMILES string of the molecule is [2H]c1c([2H])c([2H])c(C)c(C)c1[2H]. The summed E-state index contributed by atoms with van der Waals surface area (Å²) in [7, 11) is 0. The second kappa shape index (κ2) is 1.99. The molecule has 0 aliphatic rings.